The number of aryl methyl sites for hydroxylation is 2. The maximum absolute atomic E-state index is 12.2. The van der Waals surface area contributed by atoms with Gasteiger partial charge in [-0.3, -0.25) is 14.9 Å². The third kappa shape index (κ3) is 5.05. The quantitative estimate of drug-likeness (QED) is 0.547. The van der Waals surface area contributed by atoms with Gasteiger partial charge in [0.1, 0.15) is 11.5 Å². The molecule has 0 radical (unpaired) electrons. The van der Waals surface area contributed by atoms with Crippen molar-refractivity contribution >= 4 is 40.0 Å². The largest absolute Gasteiger partial charge is 0.466 e. The van der Waals surface area contributed by atoms with Crippen LogP contribution in [-0.2, 0) is 9.53 Å². The monoisotopic (exact) mass is 396 g/mol. The Morgan fingerprint density at radius 2 is 2.23 bits per heavy atom. The topological polar surface area (TPSA) is 106 Å². The summed E-state index contributed by atoms with van der Waals surface area (Å²) >= 11 is 2.51. The lowest BCUT2D eigenvalue weighted by Crippen LogP contribution is -2.32. The molecule has 140 valence electrons. The summed E-state index contributed by atoms with van der Waals surface area (Å²) in [4.78, 5) is 24.1. The molecule has 2 amide bonds. The standard InChI is InChI=1S/C16H20N4O4S2/c1-9-6-12(10(2)24-9)14(22)18-15-19-20-16(26-15)25-8-13(21)17-7-11-4-3-5-23-11/h6,11H,3-5,7-8H2,1-2H3,(H,17,21)(H,18,19,22)/t11-/m1/s1. The van der Waals surface area contributed by atoms with Gasteiger partial charge in [0.2, 0.25) is 11.0 Å². The number of hydrogen-bond donors (Lipinski definition) is 2. The molecule has 1 fully saturated rings. The van der Waals surface area contributed by atoms with Crippen molar-refractivity contribution < 1.29 is 18.7 Å². The normalized spacial score (nSPS) is 16.6. The molecule has 1 saturated heterocycles. The lowest BCUT2D eigenvalue weighted by Gasteiger charge is -2.09. The Morgan fingerprint density at radius 3 is 2.92 bits per heavy atom. The lowest BCUT2D eigenvalue weighted by molar-refractivity contribution is -0.119. The highest BCUT2D eigenvalue weighted by atomic mass is 32.2. The summed E-state index contributed by atoms with van der Waals surface area (Å²) in [5.74, 6) is 1.12. The summed E-state index contributed by atoms with van der Waals surface area (Å²) in [6, 6.07) is 1.68. The number of ether oxygens (including phenoxy) is 1. The highest BCUT2D eigenvalue weighted by Gasteiger charge is 2.18. The van der Waals surface area contributed by atoms with Gasteiger partial charge in [0.05, 0.1) is 17.4 Å². The molecule has 26 heavy (non-hydrogen) atoms. The molecule has 1 aliphatic heterocycles. The van der Waals surface area contributed by atoms with E-state index in [1.807, 2.05) is 0 Å². The van der Waals surface area contributed by atoms with Gasteiger partial charge in [-0.25, -0.2) is 0 Å². The molecule has 0 spiro atoms. The summed E-state index contributed by atoms with van der Waals surface area (Å²) in [6.45, 7) is 4.83. The van der Waals surface area contributed by atoms with E-state index in [-0.39, 0.29) is 23.7 Å². The first-order chi connectivity index (χ1) is 12.5. The predicted molar refractivity (Wildman–Crippen MR) is 98.8 cm³/mol. The molecule has 0 aromatic carbocycles. The molecule has 0 saturated carbocycles. The van der Waals surface area contributed by atoms with Gasteiger partial charge < -0.3 is 14.5 Å². The minimum Gasteiger partial charge on any atom is -0.466 e. The van der Waals surface area contributed by atoms with Gasteiger partial charge in [0.15, 0.2) is 4.34 Å². The number of thioether (sulfide) groups is 1. The van der Waals surface area contributed by atoms with Crippen LogP contribution in [0.5, 0.6) is 0 Å². The van der Waals surface area contributed by atoms with Gasteiger partial charge in [-0.05, 0) is 32.8 Å². The molecule has 2 aromatic heterocycles. The van der Waals surface area contributed by atoms with E-state index in [0.717, 1.165) is 19.4 Å². The summed E-state index contributed by atoms with van der Waals surface area (Å²) in [5, 5.41) is 13.9. The van der Waals surface area contributed by atoms with Gasteiger partial charge in [0, 0.05) is 13.2 Å². The summed E-state index contributed by atoms with van der Waals surface area (Å²) in [5.41, 5.74) is 0.473. The van der Waals surface area contributed by atoms with Crippen molar-refractivity contribution in [3.05, 3.63) is 23.2 Å². The van der Waals surface area contributed by atoms with E-state index >= 15 is 0 Å². The van der Waals surface area contributed by atoms with Crippen LogP contribution in [0.2, 0.25) is 0 Å². The second-order valence-corrected chi connectivity index (χ2v) is 8.08. The number of furan rings is 1. The maximum Gasteiger partial charge on any atom is 0.261 e. The number of nitrogens with zero attached hydrogens (tertiary/aromatic N) is 2. The zero-order valence-corrected chi connectivity index (χ0v) is 16.2. The van der Waals surface area contributed by atoms with E-state index < -0.39 is 0 Å². The number of carbonyl (C=O) groups excluding carboxylic acids is 2. The maximum atomic E-state index is 12.2. The molecule has 0 unspecified atom stereocenters. The van der Waals surface area contributed by atoms with Gasteiger partial charge in [0.25, 0.3) is 5.91 Å². The first-order valence-electron chi connectivity index (χ1n) is 8.24. The van der Waals surface area contributed by atoms with E-state index in [4.69, 9.17) is 9.15 Å². The first-order valence-corrected chi connectivity index (χ1v) is 10.0. The minimum absolute atomic E-state index is 0.0733. The number of nitrogens with one attached hydrogen (secondary N) is 2. The average molecular weight is 396 g/mol. The third-order valence-electron chi connectivity index (χ3n) is 3.79. The molecule has 10 heteroatoms. The van der Waals surface area contributed by atoms with E-state index in [9.17, 15) is 9.59 Å². The van der Waals surface area contributed by atoms with Crippen molar-refractivity contribution in [2.45, 2.75) is 37.1 Å². The molecule has 8 nitrogen and oxygen atoms in total. The molecule has 0 bridgehead atoms. The van der Waals surface area contributed by atoms with Gasteiger partial charge in [-0.2, -0.15) is 0 Å². The number of hydrogen-bond acceptors (Lipinski definition) is 8. The Labute approximate surface area is 159 Å². The lowest BCUT2D eigenvalue weighted by atomic mass is 10.2. The zero-order valence-electron chi connectivity index (χ0n) is 14.5. The fourth-order valence-electron chi connectivity index (χ4n) is 2.55. The molecule has 3 heterocycles. The smallest absolute Gasteiger partial charge is 0.261 e. The summed E-state index contributed by atoms with van der Waals surface area (Å²) in [6.07, 6.45) is 2.16. The van der Waals surface area contributed by atoms with Crippen molar-refractivity contribution in [2.75, 3.05) is 24.2 Å². The van der Waals surface area contributed by atoms with Crippen molar-refractivity contribution in [3.8, 4) is 0 Å². The van der Waals surface area contributed by atoms with Crippen molar-refractivity contribution in [1.29, 1.82) is 0 Å². The number of amides is 2. The van der Waals surface area contributed by atoms with Crippen molar-refractivity contribution in [3.63, 3.8) is 0 Å². The molecule has 1 atom stereocenters. The van der Waals surface area contributed by atoms with Gasteiger partial charge >= 0.3 is 0 Å². The minimum atomic E-state index is -0.290. The number of aromatic nitrogens is 2. The van der Waals surface area contributed by atoms with E-state index in [2.05, 4.69) is 20.8 Å². The van der Waals surface area contributed by atoms with E-state index in [0.29, 0.717) is 33.1 Å². The average Bonchev–Trinajstić information content (AvgIpc) is 3.33. The molecule has 3 rings (SSSR count). The molecule has 0 aliphatic carbocycles. The second-order valence-electron chi connectivity index (χ2n) is 5.88. The van der Waals surface area contributed by atoms with E-state index in [1.165, 1.54) is 23.1 Å². The van der Waals surface area contributed by atoms with Crippen LogP contribution in [-0.4, -0.2) is 47.0 Å². The van der Waals surface area contributed by atoms with Crippen LogP contribution in [0.25, 0.3) is 0 Å². The number of anilines is 1. The van der Waals surface area contributed by atoms with Gasteiger partial charge in [-0.15, -0.1) is 10.2 Å². The SMILES string of the molecule is Cc1cc(C(=O)Nc2nnc(SCC(=O)NC[C@H]3CCCO3)s2)c(C)o1. The van der Waals surface area contributed by atoms with E-state index in [1.54, 1.807) is 19.9 Å². The Kier molecular flexibility index (Phi) is 6.28. The molecular weight excluding hydrogens is 376 g/mol. The Morgan fingerprint density at radius 1 is 1.38 bits per heavy atom. The highest BCUT2D eigenvalue weighted by Crippen LogP contribution is 2.26. The van der Waals surface area contributed by atoms with Crippen LogP contribution in [0.4, 0.5) is 5.13 Å². The fourth-order valence-corrected chi connectivity index (χ4v) is 4.13. The molecule has 2 N–H and O–H groups in total. The zero-order chi connectivity index (χ0) is 18.5. The first kappa shape index (κ1) is 18.9. The molecular formula is C16H20N4O4S2. The van der Waals surface area contributed by atoms with Crippen molar-refractivity contribution in [1.82, 2.24) is 15.5 Å². The van der Waals surface area contributed by atoms with Crippen LogP contribution in [0, 0.1) is 13.8 Å². The Bertz CT molecular complexity index is 783. The summed E-state index contributed by atoms with van der Waals surface area (Å²) < 4.78 is 11.4. The van der Waals surface area contributed by atoms with Gasteiger partial charge in [-0.1, -0.05) is 23.1 Å². The molecule has 1 aliphatic rings. The third-order valence-corrected chi connectivity index (χ3v) is 5.76. The van der Waals surface area contributed by atoms with Crippen LogP contribution in [0.15, 0.2) is 14.8 Å². The Hall–Kier alpha value is -1.91. The fraction of sp³-hybridized carbons (Fsp3) is 0.500. The van der Waals surface area contributed by atoms with Crippen LogP contribution in [0.3, 0.4) is 0 Å². The molecule has 2 aromatic rings. The van der Waals surface area contributed by atoms with Crippen molar-refractivity contribution in [2.24, 2.45) is 0 Å². The number of rotatable bonds is 7. The number of carbonyl (C=O) groups is 2. The second kappa shape index (κ2) is 8.65. The predicted octanol–water partition coefficient (Wildman–Crippen LogP) is 2.39. The van der Waals surface area contributed by atoms with Crippen LogP contribution >= 0.6 is 23.1 Å². The Balaban J connectivity index is 1.44. The summed E-state index contributed by atoms with van der Waals surface area (Å²) in [7, 11) is 0. The highest BCUT2D eigenvalue weighted by molar-refractivity contribution is 8.01. The van der Waals surface area contributed by atoms with Crippen LogP contribution < -0.4 is 10.6 Å². The van der Waals surface area contributed by atoms with Crippen LogP contribution in [0.1, 0.15) is 34.7 Å².